The normalized spacial score (nSPS) is 17.2. The van der Waals surface area contributed by atoms with Gasteiger partial charge in [-0.15, -0.1) is 5.06 Å². The number of likely N-dealkylation sites (N-methyl/N-ethyl adjacent to an activating group) is 1. The molecule has 1 fully saturated rings. The van der Waals surface area contributed by atoms with Crippen molar-refractivity contribution in [3.8, 4) is 0 Å². The zero-order valence-electron chi connectivity index (χ0n) is 24.3. The number of aliphatic hydroxyl groups is 1. The SMILES string of the molecule is CC[C@H](C)[C@@H](CN(CC(=O)ON(C)[C@@H](CCO)C(=O)OC)Cc1cccc2ccccc12)NC(=O)[C@@H]1CCC(=O)N1. The summed E-state index contributed by atoms with van der Waals surface area (Å²) in [7, 11) is 2.68. The van der Waals surface area contributed by atoms with E-state index in [-0.39, 0.29) is 43.3 Å². The predicted molar refractivity (Wildman–Crippen MR) is 153 cm³/mol. The lowest BCUT2D eigenvalue weighted by Gasteiger charge is -2.32. The average molecular weight is 571 g/mol. The molecule has 2 aromatic carbocycles. The summed E-state index contributed by atoms with van der Waals surface area (Å²) in [6, 6.07) is 12.2. The fraction of sp³-hybridized carbons (Fsp3) is 0.533. The van der Waals surface area contributed by atoms with E-state index in [9.17, 15) is 24.3 Å². The first-order valence-corrected chi connectivity index (χ1v) is 14.1. The number of esters is 1. The Morgan fingerprint density at radius 3 is 2.56 bits per heavy atom. The van der Waals surface area contributed by atoms with Gasteiger partial charge in [-0.1, -0.05) is 62.7 Å². The Hall–Kier alpha value is -3.54. The summed E-state index contributed by atoms with van der Waals surface area (Å²) in [5.74, 6) is -1.52. The summed E-state index contributed by atoms with van der Waals surface area (Å²) in [5, 5.41) is 18.4. The molecule has 224 valence electrons. The van der Waals surface area contributed by atoms with E-state index in [0.29, 0.717) is 25.9 Å². The standard InChI is InChI=1S/C30H42N4O7/c1-5-20(2)25(32-29(38)24-13-14-27(36)31-24)18-34(17-22-11-8-10-21-9-6-7-12-23(21)22)19-28(37)41-33(3)26(15-16-35)30(39)40-4/h6-12,20,24-26,35H,5,13-19H2,1-4H3,(H,31,36)(H,32,38)/t20-,24-,25+,26-/m0/s1. The van der Waals surface area contributed by atoms with Crippen LogP contribution < -0.4 is 10.6 Å². The molecular weight excluding hydrogens is 528 g/mol. The number of hydrogen-bond acceptors (Lipinski definition) is 9. The number of rotatable bonds is 15. The molecule has 2 amide bonds. The van der Waals surface area contributed by atoms with Gasteiger partial charge in [-0.25, -0.2) is 4.79 Å². The number of hydroxylamine groups is 2. The molecular formula is C30H42N4O7. The first-order chi connectivity index (χ1) is 19.7. The van der Waals surface area contributed by atoms with Crippen molar-refractivity contribution in [2.75, 3.05) is 33.9 Å². The van der Waals surface area contributed by atoms with E-state index in [1.807, 2.05) is 61.2 Å². The van der Waals surface area contributed by atoms with Crippen LogP contribution >= 0.6 is 0 Å². The summed E-state index contributed by atoms with van der Waals surface area (Å²) in [4.78, 5) is 57.4. The van der Waals surface area contributed by atoms with Crippen LogP contribution in [0.5, 0.6) is 0 Å². The van der Waals surface area contributed by atoms with Gasteiger partial charge in [-0.05, 0) is 35.1 Å². The molecule has 0 bridgehead atoms. The summed E-state index contributed by atoms with van der Waals surface area (Å²) in [6.07, 6.45) is 1.60. The molecule has 0 saturated carbocycles. The van der Waals surface area contributed by atoms with Crippen LogP contribution in [0, 0.1) is 5.92 Å². The van der Waals surface area contributed by atoms with Gasteiger partial charge in [0.25, 0.3) is 0 Å². The fourth-order valence-electron chi connectivity index (χ4n) is 5.02. The molecule has 3 rings (SSSR count). The van der Waals surface area contributed by atoms with Gasteiger partial charge >= 0.3 is 11.9 Å². The van der Waals surface area contributed by atoms with Gasteiger partial charge in [-0.2, -0.15) is 0 Å². The van der Waals surface area contributed by atoms with Crippen molar-refractivity contribution in [1.29, 1.82) is 0 Å². The highest BCUT2D eigenvalue weighted by Gasteiger charge is 2.32. The number of carbonyl (C=O) groups excluding carboxylic acids is 4. The number of ether oxygens (including phenoxy) is 1. The largest absolute Gasteiger partial charge is 0.468 e. The monoisotopic (exact) mass is 570 g/mol. The second-order valence-corrected chi connectivity index (χ2v) is 10.5. The topological polar surface area (TPSA) is 138 Å². The number of carbonyl (C=O) groups is 4. The fourth-order valence-corrected chi connectivity index (χ4v) is 5.02. The highest BCUT2D eigenvalue weighted by Crippen LogP contribution is 2.21. The Morgan fingerprint density at radius 2 is 1.90 bits per heavy atom. The highest BCUT2D eigenvalue weighted by molar-refractivity contribution is 5.91. The molecule has 1 aliphatic heterocycles. The Bertz CT molecular complexity index is 1200. The first-order valence-electron chi connectivity index (χ1n) is 14.1. The Morgan fingerprint density at radius 1 is 1.17 bits per heavy atom. The first kappa shape index (κ1) is 32.0. The third-order valence-electron chi connectivity index (χ3n) is 7.61. The van der Waals surface area contributed by atoms with Gasteiger partial charge in [0.2, 0.25) is 11.8 Å². The van der Waals surface area contributed by atoms with Crippen LogP contribution in [-0.4, -0.2) is 90.8 Å². The van der Waals surface area contributed by atoms with Crippen molar-refractivity contribution in [2.45, 2.75) is 64.2 Å². The van der Waals surface area contributed by atoms with Crippen molar-refractivity contribution in [3.63, 3.8) is 0 Å². The number of aliphatic hydroxyl groups excluding tert-OH is 1. The van der Waals surface area contributed by atoms with Crippen LogP contribution in [0.3, 0.4) is 0 Å². The molecule has 0 aliphatic carbocycles. The Labute approximate surface area is 241 Å². The minimum atomic E-state index is -0.950. The molecule has 1 heterocycles. The smallest absolute Gasteiger partial charge is 0.339 e. The molecule has 11 heteroatoms. The molecule has 0 aromatic heterocycles. The molecule has 3 N–H and O–H groups in total. The maximum absolute atomic E-state index is 13.2. The van der Waals surface area contributed by atoms with Gasteiger partial charge in [0.15, 0.2) is 0 Å². The van der Waals surface area contributed by atoms with Crippen LogP contribution in [0.15, 0.2) is 42.5 Å². The van der Waals surface area contributed by atoms with Crippen LogP contribution in [0.25, 0.3) is 10.8 Å². The van der Waals surface area contributed by atoms with Crippen LogP contribution in [-0.2, 0) is 35.3 Å². The van der Waals surface area contributed by atoms with Crippen molar-refractivity contribution in [1.82, 2.24) is 20.6 Å². The minimum absolute atomic E-state index is 0.0377. The minimum Gasteiger partial charge on any atom is -0.468 e. The predicted octanol–water partition coefficient (Wildman–Crippen LogP) is 1.77. The zero-order chi connectivity index (χ0) is 29.9. The Balaban J connectivity index is 1.83. The number of hydrogen-bond donors (Lipinski definition) is 3. The van der Waals surface area contributed by atoms with Crippen LogP contribution in [0.4, 0.5) is 0 Å². The molecule has 0 unspecified atom stereocenters. The maximum Gasteiger partial charge on any atom is 0.339 e. The van der Waals surface area contributed by atoms with Crippen molar-refractivity contribution < 1.29 is 33.9 Å². The zero-order valence-corrected chi connectivity index (χ0v) is 24.3. The lowest BCUT2D eigenvalue weighted by molar-refractivity contribution is -0.202. The van der Waals surface area contributed by atoms with Gasteiger partial charge in [-0.3, -0.25) is 19.3 Å². The van der Waals surface area contributed by atoms with Gasteiger partial charge in [0.05, 0.1) is 13.7 Å². The number of methoxy groups -OCH3 is 1. The quantitative estimate of drug-likeness (QED) is 0.216. The van der Waals surface area contributed by atoms with Crippen molar-refractivity contribution in [3.05, 3.63) is 48.0 Å². The van der Waals surface area contributed by atoms with Crippen LogP contribution in [0.1, 0.15) is 45.1 Å². The van der Waals surface area contributed by atoms with Gasteiger partial charge < -0.3 is 25.3 Å². The van der Waals surface area contributed by atoms with Gasteiger partial charge in [0, 0.05) is 39.2 Å². The summed E-state index contributed by atoms with van der Waals surface area (Å²) in [5.41, 5.74) is 1.01. The third kappa shape index (κ3) is 8.97. The lowest BCUT2D eigenvalue weighted by Crippen LogP contribution is -2.53. The summed E-state index contributed by atoms with van der Waals surface area (Å²) >= 11 is 0. The molecule has 2 aromatic rings. The molecule has 4 atom stereocenters. The summed E-state index contributed by atoms with van der Waals surface area (Å²) < 4.78 is 4.79. The van der Waals surface area contributed by atoms with Crippen molar-refractivity contribution >= 4 is 34.5 Å². The molecule has 1 aliphatic rings. The van der Waals surface area contributed by atoms with E-state index in [2.05, 4.69) is 10.6 Å². The second kappa shape index (κ2) is 15.5. The number of fused-ring (bicyclic) bond motifs is 1. The summed E-state index contributed by atoms with van der Waals surface area (Å²) in [6.45, 7) is 4.42. The Kier molecular flexibility index (Phi) is 12.1. The van der Waals surface area contributed by atoms with E-state index in [1.54, 1.807) is 0 Å². The van der Waals surface area contributed by atoms with Crippen molar-refractivity contribution in [2.24, 2.45) is 5.92 Å². The van der Waals surface area contributed by atoms with Gasteiger partial charge in [0.1, 0.15) is 12.1 Å². The molecule has 41 heavy (non-hydrogen) atoms. The van der Waals surface area contributed by atoms with E-state index in [4.69, 9.17) is 9.57 Å². The number of benzene rings is 2. The molecule has 0 spiro atoms. The third-order valence-corrected chi connectivity index (χ3v) is 7.61. The van der Waals surface area contributed by atoms with E-state index < -0.39 is 24.0 Å². The van der Waals surface area contributed by atoms with E-state index in [1.165, 1.54) is 14.2 Å². The number of amides is 2. The average Bonchev–Trinajstić information content (AvgIpc) is 3.41. The molecule has 0 radical (unpaired) electrons. The second-order valence-electron chi connectivity index (χ2n) is 10.5. The molecule has 11 nitrogen and oxygen atoms in total. The maximum atomic E-state index is 13.2. The lowest BCUT2D eigenvalue weighted by atomic mass is 9.97. The molecule has 1 saturated heterocycles. The van der Waals surface area contributed by atoms with E-state index >= 15 is 0 Å². The van der Waals surface area contributed by atoms with E-state index in [0.717, 1.165) is 27.8 Å². The number of nitrogens with one attached hydrogen (secondary N) is 2. The number of nitrogens with zero attached hydrogens (tertiary/aromatic N) is 2. The van der Waals surface area contributed by atoms with Crippen LogP contribution in [0.2, 0.25) is 0 Å². The highest BCUT2D eigenvalue weighted by atomic mass is 16.7.